The van der Waals surface area contributed by atoms with E-state index in [4.69, 9.17) is 0 Å². The molecule has 1 aliphatic rings. The molecule has 0 bridgehead atoms. The minimum atomic E-state index is 0.640. The lowest BCUT2D eigenvalue weighted by atomic mass is 10.2. The Balaban J connectivity index is 2.09. The molecule has 1 aliphatic heterocycles. The minimum Gasteiger partial charge on any atom is -0.355 e. The van der Waals surface area contributed by atoms with Crippen LogP contribution in [0.5, 0.6) is 0 Å². The number of nitrogens with zero attached hydrogens (tertiary/aromatic N) is 2. The molecule has 0 aromatic carbocycles. The molecule has 90 valence electrons. The SMILES string of the molecule is Cc1cn(C2CCSC2)c(NCC(C)C)n1. The molecule has 0 aliphatic carbocycles. The van der Waals surface area contributed by atoms with Crippen LogP contribution in [0.1, 0.15) is 32.0 Å². The molecule has 0 amide bonds. The molecule has 16 heavy (non-hydrogen) atoms. The van der Waals surface area contributed by atoms with Crippen molar-refractivity contribution in [1.82, 2.24) is 9.55 Å². The van der Waals surface area contributed by atoms with Crippen molar-refractivity contribution in [2.45, 2.75) is 33.2 Å². The lowest BCUT2D eigenvalue weighted by molar-refractivity contribution is 0.560. The molecule has 2 heterocycles. The molecule has 1 saturated heterocycles. The van der Waals surface area contributed by atoms with Gasteiger partial charge in [-0.2, -0.15) is 11.8 Å². The van der Waals surface area contributed by atoms with E-state index in [9.17, 15) is 0 Å². The van der Waals surface area contributed by atoms with Crippen LogP contribution in [0.15, 0.2) is 6.20 Å². The number of anilines is 1. The smallest absolute Gasteiger partial charge is 0.203 e. The van der Waals surface area contributed by atoms with Gasteiger partial charge in [0.15, 0.2) is 0 Å². The third-order valence-corrected chi connectivity index (χ3v) is 3.97. The van der Waals surface area contributed by atoms with Crippen LogP contribution in [0.3, 0.4) is 0 Å². The van der Waals surface area contributed by atoms with Gasteiger partial charge in [0, 0.05) is 24.5 Å². The van der Waals surface area contributed by atoms with Crippen molar-refractivity contribution in [3.63, 3.8) is 0 Å². The van der Waals surface area contributed by atoms with Crippen molar-refractivity contribution >= 4 is 17.7 Å². The number of aryl methyl sites for hydroxylation is 1. The van der Waals surface area contributed by atoms with Crippen LogP contribution >= 0.6 is 11.8 Å². The summed E-state index contributed by atoms with van der Waals surface area (Å²) >= 11 is 2.04. The van der Waals surface area contributed by atoms with E-state index in [1.54, 1.807) is 0 Å². The lowest BCUT2D eigenvalue weighted by Crippen LogP contribution is -2.15. The highest BCUT2D eigenvalue weighted by molar-refractivity contribution is 7.99. The van der Waals surface area contributed by atoms with Crippen LogP contribution in [-0.4, -0.2) is 27.6 Å². The summed E-state index contributed by atoms with van der Waals surface area (Å²) in [7, 11) is 0. The highest BCUT2D eigenvalue weighted by Gasteiger charge is 2.20. The molecule has 4 heteroatoms. The van der Waals surface area contributed by atoms with Gasteiger partial charge in [-0.05, 0) is 25.0 Å². The highest BCUT2D eigenvalue weighted by Crippen LogP contribution is 2.30. The summed E-state index contributed by atoms with van der Waals surface area (Å²) in [5, 5.41) is 3.45. The van der Waals surface area contributed by atoms with Gasteiger partial charge in [0.1, 0.15) is 0 Å². The van der Waals surface area contributed by atoms with Crippen LogP contribution in [0.25, 0.3) is 0 Å². The van der Waals surface area contributed by atoms with E-state index < -0.39 is 0 Å². The van der Waals surface area contributed by atoms with Gasteiger partial charge in [-0.3, -0.25) is 0 Å². The number of aromatic nitrogens is 2. The molecule has 3 nitrogen and oxygen atoms in total. The van der Waals surface area contributed by atoms with Crippen molar-refractivity contribution in [1.29, 1.82) is 0 Å². The Kier molecular flexibility index (Phi) is 3.79. The fourth-order valence-corrected chi connectivity index (χ4v) is 3.17. The van der Waals surface area contributed by atoms with Crippen molar-refractivity contribution in [2.75, 3.05) is 23.4 Å². The number of hydrogen-bond donors (Lipinski definition) is 1. The molecule has 1 aromatic rings. The highest BCUT2D eigenvalue weighted by atomic mass is 32.2. The van der Waals surface area contributed by atoms with Gasteiger partial charge in [-0.1, -0.05) is 13.8 Å². The van der Waals surface area contributed by atoms with Gasteiger partial charge in [-0.25, -0.2) is 4.98 Å². The zero-order valence-corrected chi connectivity index (χ0v) is 11.2. The monoisotopic (exact) mass is 239 g/mol. The van der Waals surface area contributed by atoms with Crippen molar-refractivity contribution in [3.05, 3.63) is 11.9 Å². The minimum absolute atomic E-state index is 0.640. The maximum absolute atomic E-state index is 4.57. The quantitative estimate of drug-likeness (QED) is 0.876. The fourth-order valence-electron chi connectivity index (χ4n) is 1.96. The first kappa shape index (κ1) is 11.8. The molecule has 0 spiro atoms. The van der Waals surface area contributed by atoms with E-state index in [-0.39, 0.29) is 0 Å². The van der Waals surface area contributed by atoms with E-state index in [2.05, 4.69) is 41.8 Å². The average Bonchev–Trinajstić information content (AvgIpc) is 2.82. The lowest BCUT2D eigenvalue weighted by Gasteiger charge is -2.15. The first-order valence-electron chi connectivity index (χ1n) is 6.04. The number of nitrogens with one attached hydrogen (secondary N) is 1. The summed E-state index contributed by atoms with van der Waals surface area (Å²) in [5.74, 6) is 4.22. The molecular formula is C12H21N3S. The Hall–Kier alpha value is -0.640. The standard InChI is InChI=1S/C12H21N3S/c1-9(2)6-13-12-14-10(3)7-15(12)11-4-5-16-8-11/h7,9,11H,4-6,8H2,1-3H3,(H,13,14). The maximum atomic E-state index is 4.57. The van der Waals surface area contributed by atoms with Crippen LogP contribution in [0.4, 0.5) is 5.95 Å². The third kappa shape index (κ3) is 2.73. The van der Waals surface area contributed by atoms with Crippen molar-refractivity contribution in [2.24, 2.45) is 5.92 Å². The largest absolute Gasteiger partial charge is 0.355 e. The molecule has 1 N–H and O–H groups in total. The van der Waals surface area contributed by atoms with Crippen molar-refractivity contribution in [3.8, 4) is 0 Å². The molecule has 0 radical (unpaired) electrons. The fraction of sp³-hybridized carbons (Fsp3) is 0.750. The number of thioether (sulfide) groups is 1. The summed E-state index contributed by atoms with van der Waals surface area (Å²) < 4.78 is 2.33. The molecule has 0 saturated carbocycles. The van der Waals surface area contributed by atoms with Crippen molar-refractivity contribution < 1.29 is 0 Å². The predicted molar refractivity (Wildman–Crippen MR) is 71.3 cm³/mol. The Labute approximate surface area is 102 Å². The third-order valence-electron chi connectivity index (χ3n) is 2.82. The number of imidazole rings is 1. The normalized spacial score (nSPS) is 20.6. The predicted octanol–water partition coefficient (Wildman–Crippen LogP) is 2.94. The molecule has 1 unspecified atom stereocenters. The second-order valence-electron chi connectivity index (χ2n) is 4.91. The zero-order chi connectivity index (χ0) is 11.5. The molecule has 1 aromatic heterocycles. The summed E-state index contributed by atoms with van der Waals surface area (Å²) in [6, 6.07) is 0.640. The van der Waals surface area contributed by atoms with Gasteiger partial charge >= 0.3 is 0 Å². The average molecular weight is 239 g/mol. The summed E-state index contributed by atoms with van der Waals surface area (Å²) in [4.78, 5) is 4.57. The topological polar surface area (TPSA) is 29.9 Å². The summed E-state index contributed by atoms with van der Waals surface area (Å²) in [6.07, 6.45) is 3.45. The van der Waals surface area contributed by atoms with Crippen LogP contribution < -0.4 is 5.32 Å². The second kappa shape index (κ2) is 5.13. The van der Waals surface area contributed by atoms with Gasteiger partial charge in [0.05, 0.1) is 5.69 Å². The van der Waals surface area contributed by atoms with Gasteiger partial charge in [0.2, 0.25) is 5.95 Å². The van der Waals surface area contributed by atoms with Crippen LogP contribution in [0, 0.1) is 12.8 Å². The van der Waals surface area contributed by atoms with Gasteiger partial charge < -0.3 is 9.88 Å². The number of hydrogen-bond acceptors (Lipinski definition) is 3. The van der Waals surface area contributed by atoms with E-state index in [1.165, 1.54) is 17.9 Å². The van der Waals surface area contributed by atoms with E-state index in [1.807, 2.05) is 11.8 Å². The first-order valence-corrected chi connectivity index (χ1v) is 7.19. The van der Waals surface area contributed by atoms with E-state index in [0.29, 0.717) is 12.0 Å². The summed E-state index contributed by atoms with van der Waals surface area (Å²) in [6.45, 7) is 7.51. The van der Waals surface area contributed by atoms with Crippen LogP contribution in [-0.2, 0) is 0 Å². The number of rotatable bonds is 4. The Bertz CT molecular complexity index is 340. The first-order chi connectivity index (χ1) is 7.66. The van der Waals surface area contributed by atoms with E-state index in [0.717, 1.165) is 18.2 Å². The maximum Gasteiger partial charge on any atom is 0.203 e. The Morgan fingerprint density at radius 2 is 2.44 bits per heavy atom. The second-order valence-corrected chi connectivity index (χ2v) is 6.06. The van der Waals surface area contributed by atoms with Crippen LogP contribution in [0.2, 0.25) is 0 Å². The van der Waals surface area contributed by atoms with Gasteiger partial charge in [0.25, 0.3) is 0 Å². The zero-order valence-electron chi connectivity index (χ0n) is 10.4. The van der Waals surface area contributed by atoms with E-state index >= 15 is 0 Å². The molecule has 2 rings (SSSR count). The molecule has 1 fully saturated rings. The molecule has 1 atom stereocenters. The summed E-state index contributed by atoms with van der Waals surface area (Å²) in [5.41, 5.74) is 1.11. The Morgan fingerprint density at radius 1 is 1.62 bits per heavy atom. The van der Waals surface area contributed by atoms with Gasteiger partial charge in [-0.15, -0.1) is 0 Å². The Morgan fingerprint density at radius 3 is 3.06 bits per heavy atom. The molecular weight excluding hydrogens is 218 g/mol.